The highest BCUT2D eigenvalue weighted by Gasteiger charge is 2.28. The summed E-state index contributed by atoms with van der Waals surface area (Å²) in [7, 11) is 0. The van der Waals surface area contributed by atoms with E-state index in [0.29, 0.717) is 11.5 Å². The fourth-order valence-corrected chi connectivity index (χ4v) is 3.61. The van der Waals surface area contributed by atoms with E-state index in [1.54, 1.807) is 43.6 Å². The number of ether oxygens (including phenoxy) is 1. The van der Waals surface area contributed by atoms with Gasteiger partial charge in [0.05, 0.1) is 12.2 Å². The number of nitrogens with zero attached hydrogens (tertiary/aromatic N) is 4. The molecule has 1 aromatic carbocycles. The maximum absolute atomic E-state index is 13.7. The normalized spacial score (nSPS) is 17.0. The number of hydrogen-bond donors (Lipinski definition) is 1. The van der Waals surface area contributed by atoms with Crippen molar-refractivity contribution in [2.24, 2.45) is 0 Å². The molecular formula is C21H24FN5O2. The SMILES string of the molecule is CC(C)(C)OC(=O)Nc1cnc2ccc(N3CCC[C@@H]3c3cccc(F)c3)nn12. The number of halogens is 1. The molecule has 1 saturated heterocycles. The fourth-order valence-electron chi connectivity index (χ4n) is 3.61. The maximum Gasteiger partial charge on any atom is 0.413 e. The number of aromatic nitrogens is 3. The fraction of sp³-hybridized carbons (Fsp3) is 0.381. The molecule has 0 radical (unpaired) electrons. The first-order valence-electron chi connectivity index (χ1n) is 9.67. The molecule has 4 rings (SSSR count). The lowest BCUT2D eigenvalue weighted by atomic mass is 10.0. The number of fused-ring (bicyclic) bond motifs is 1. The summed E-state index contributed by atoms with van der Waals surface area (Å²) in [5, 5.41) is 7.38. The molecule has 152 valence electrons. The van der Waals surface area contributed by atoms with E-state index in [-0.39, 0.29) is 11.9 Å². The summed E-state index contributed by atoms with van der Waals surface area (Å²) in [4.78, 5) is 18.6. The van der Waals surface area contributed by atoms with Crippen molar-refractivity contribution in [3.8, 4) is 0 Å². The van der Waals surface area contributed by atoms with E-state index in [4.69, 9.17) is 4.74 Å². The zero-order valence-electron chi connectivity index (χ0n) is 16.7. The van der Waals surface area contributed by atoms with Crippen LogP contribution in [0.2, 0.25) is 0 Å². The summed E-state index contributed by atoms with van der Waals surface area (Å²) >= 11 is 0. The van der Waals surface area contributed by atoms with Gasteiger partial charge < -0.3 is 9.64 Å². The molecule has 1 aliphatic heterocycles. The van der Waals surface area contributed by atoms with Crippen molar-refractivity contribution in [3.63, 3.8) is 0 Å². The summed E-state index contributed by atoms with van der Waals surface area (Å²) < 4.78 is 20.6. The van der Waals surface area contributed by atoms with Gasteiger partial charge in [-0.25, -0.2) is 14.2 Å². The van der Waals surface area contributed by atoms with Gasteiger partial charge in [-0.15, -0.1) is 5.10 Å². The molecule has 7 nitrogen and oxygen atoms in total. The largest absolute Gasteiger partial charge is 0.444 e. The van der Waals surface area contributed by atoms with E-state index < -0.39 is 11.7 Å². The zero-order valence-corrected chi connectivity index (χ0v) is 16.7. The summed E-state index contributed by atoms with van der Waals surface area (Å²) in [6, 6.07) is 10.5. The van der Waals surface area contributed by atoms with E-state index in [1.165, 1.54) is 6.07 Å². The van der Waals surface area contributed by atoms with Crippen molar-refractivity contribution in [1.82, 2.24) is 14.6 Å². The number of carbonyl (C=O) groups is 1. The molecule has 8 heteroatoms. The first-order chi connectivity index (χ1) is 13.8. The number of imidazole rings is 1. The second-order valence-electron chi connectivity index (χ2n) is 8.14. The third kappa shape index (κ3) is 4.16. The van der Waals surface area contributed by atoms with Crippen LogP contribution in [0.3, 0.4) is 0 Å². The van der Waals surface area contributed by atoms with Crippen LogP contribution >= 0.6 is 0 Å². The minimum absolute atomic E-state index is 0.0569. The third-order valence-corrected chi connectivity index (χ3v) is 4.76. The van der Waals surface area contributed by atoms with E-state index in [9.17, 15) is 9.18 Å². The lowest BCUT2D eigenvalue weighted by Crippen LogP contribution is -2.28. The molecule has 0 unspecified atom stereocenters. The predicted octanol–water partition coefficient (Wildman–Crippen LogP) is 4.56. The number of rotatable bonds is 3. The van der Waals surface area contributed by atoms with Crippen LogP contribution in [0.25, 0.3) is 5.65 Å². The van der Waals surface area contributed by atoms with Crippen molar-refractivity contribution >= 4 is 23.4 Å². The van der Waals surface area contributed by atoms with Crippen molar-refractivity contribution in [2.45, 2.75) is 45.3 Å². The molecule has 0 saturated carbocycles. The number of nitrogens with one attached hydrogen (secondary N) is 1. The average Bonchev–Trinajstić information content (AvgIpc) is 3.27. The molecule has 1 N–H and O–H groups in total. The van der Waals surface area contributed by atoms with Crippen LogP contribution in [0.1, 0.15) is 45.2 Å². The lowest BCUT2D eigenvalue weighted by molar-refractivity contribution is 0.0635. The minimum Gasteiger partial charge on any atom is -0.444 e. The topological polar surface area (TPSA) is 71.8 Å². The molecule has 0 aliphatic carbocycles. The molecule has 3 aromatic rings. The number of anilines is 2. The molecule has 1 amide bonds. The molecule has 29 heavy (non-hydrogen) atoms. The number of carbonyl (C=O) groups excluding carboxylic acids is 1. The van der Waals surface area contributed by atoms with E-state index in [2.05, 4.69) is 20.3 Å². The molecule has 0 bridgehead atoms. The highest BCUT2D eigenvalue weighted by atomic mass is 19.1. The Hall–Kier alpha value is -3.16. The highest BCUT2D eigenvalue weighted by Crippen LogP contribution is 2.35. The standard InChI is InChI=1S/C21H24FN5O2/c1-21(2,3)29-20(28)24-19-13-23-17-9-10-18(25-27(17)19)26-11-5-8-16(26)14-6-4-7-15(22)12-14/h4,6-7,9-10,12-13,16H,5,8,11H2,1-3H3,(H,24,28)/t16-/m1/s1. The van der Waals surface area contributed by atoms with Gasteiger partial charge in [-0.1, -0.05) is 12.1 Å². The number of benzene rings is 1. The summed E-state index contributed by atoms with van der Waals surface area (Å²) in [6.07, 6.45) is 2.90. The monoisotopic (exact) mass is 397 g/mol. The highest BCUT2D eigenvalue weighted by molar-refractivity contribution is 5.84. The summed E-state index contributed by atoms with van der Waals surface area (Å²) in [6.45, 7) is 6.23. The Morgan fingerprint density at radius 1 is 1.28 bits per heavy atom. The summed E-state index contributed by atoms with van der Waals surface area (Å²) in [5.74, 6) is 0.934. The lowest BCUT2D eigenvalue weighted by Gasteiger charge is -2.26. The van der Waals surface area contributed by atoms with Gasteiger partial charge in [0.2, 0.25) is 0 Å². The molecule has 2 aromatic heterocycles. The minimum atomic E-state index is -0.600. The van der Waals surface area contributed by atoms with Gasteiger partial charge in [-0.3, -0.25) is 5.32 Å². The smallest absolute Gasteiger partial charge is 0.413 e. The third-order valence-electron chi connectivity index (χ3n) is 4.76. The Morgan fingerprint density at radius 3 is 2.86 bits per heavy atom. The van der Waals surface area contributed by atoms with Crippen molar-refractivity contribution < 1.29 is 13.9 Å². The Kier molecular flexibility index (Phi) is 4.86. The second-order valence-corrected chi connectivity index (χ2v) is 8.14. The van der Waals surface area contributed by atoms with Gasteiger partial charge in [0.1, 0.15) is 17.2 Å². The van der Waals surface area contributed by atoms with E-state index >= 15 is 0 Å². The Labute approximate surface area is 168 Å². The quantitative estimate of drug-likeness (QED) is 0.702. The van der Waals surface area contributed by atoms with Gasteiger partial charge >= 0.3 is 6.09 Å². The van der Waals surface area contributed by atoms with Gasteiger partial charge in [-0.2, -0.15) is 4.52 Å². The Balaban J connectivity index is 1.62. The molecule has 1 fully saturated rings. The van der Waals surface area contributed by atoms with Crippen LogP contribution in [-0.4, -0.2) is 32.8 Å². The molecular weight excluding hydrogens is 373 g/mol. The van der Waals surface area contributed by atoms with Crippen LogP contribution in [0.4, 0.5) is 20.8 Å². The Bertz CT molecular complexity index is 1040. The van der Waals surface area contributed by atoms with Gasteiger partial charge in [0, 0.05) is 6.54 Å². The number of amides is 1. The molecule has 3 heterocycles. The van der Waals surface area contributed by atoms with Gasteiger partial charge in [-0.05, 0) is 63.4 Å². The van der Waals surface area contributed by atoms with Crippen LogP contribution in [0.15, 0.2) is 42.6 Å². The van der Waals surface area contributed by atoms with Gasteiger partial charge in [0.15, 0.2) is 11.5 Å². The number of hydrogen-bond acceptors (Lipinski definition) is 5. The first-order valence-corrected chi connectivity index (χ1v) is 9.67. The summed E-state index contributed by atoms with van der Waals surface area (Å²) in [5.41, 5.74) is 0.945. The predicted molar refractivity (Wildman–Crippen MR) is 109 cm³/mol. The van der Waals surface area contributed by atoms with Crippen LogP contribution < -0.4 is 10.2 Å². The average molecular weight is 397 g/mol. The van der Waals surface area contributed by atoms with Crippen LogP contribution in [0.5, 0.6) is 0 Å². The van der Waals surface area contributed by atoms with Crippen LogP contribution in [0, 0.1) is 5.82 Å². The Morgan fingerprint density at radius 2 is 2.10 bits per heavy atom. The van der Waals surface area contributed by atoms with Crippen molar-refractivity contribution in [2.75, 3.05) is 16.8 Å². The van der Waals surface area contributed by atoms with Crippen molar-refractivity contribution in [1.29, 1.82) is 0 Å². The zero-order chi connectivity index (χ0) is 20.6. The molecule has 1 aliphatic rings. The van der Waals surface area contributed by atoms with Crippen molar-refractivity contribution in [3.05, 3.63) is 54.0 Å². The van der Waals surface area contributed by atoms with E-state index in [1.807, 2.05) is 18.2 Å². The first kappa shape index (κ1) is 19.2. The molecule has 1 atom stereocenters. The maximum atomic E-state index is 13.7. The van der Waals surface area contributed by atoms with Gasteiger partial charge in [0.25, 0.3) is 0 Å². The molecule has 0 spiro atoms. The van der Waals surface area contributed by atoms with E-state index in [0.717, 1.165) is 30.8 Å². The second kappa shape index (κ2) is 7.35. The van der Waals surface area contributed by atoms with Crippen LogP contribution in [-0.2, 0) is 4.74 Å².